The van der Waals surface area contributed by atoms with Gasteiger partial charge in [-0.1, -0.05) is 108 Å². The molecule has 2 nitrogen and oxygen atoms in total. The largest absolute Gasteiger partial charge is 0.490 e. The van der Waals surface area contributed by atoms with Crippen molar-refractivity contribution >= 4 is 6.08 Å². The molecule has 0 spiro atoms. The lowest BCUT2D eigenvalue weighted by molar-refractivity contribution is 0.202. The van der Waals surface area contributed by atoms with Crippen LogP contribution in [0.5, 0.6) is 5.75 Å². The maximum atomic E-state index is 5.96. The molecule has 0 bridgehead atoms. The van der Waals surface area contributed by atoms with E-state index in [1.165, 1.54) is 82.6 Å². The molecular weight excluding hydrogens is 344 g/mol. The molecule has 1 unspecified atom stereocenters. The van der Waals surface area contributed by atoms with Crippen LogP contribution in [0, 0.1) is 0 Å². The van der Waals surface area contributed by atoms with Gasteiger partial charge in [-0.25, -0.2) is 0 Å². The highest BCUT2D eigenvalue weighted by Gasteiger charge is 2.40. The summed E-state index contributed by atoms with van der Waals surface area (Å²) in [4.78, 5) is 0. The van der Waals surface area contributed by atoms with Gasteiger partial charge in [0.05, 0.1) is 6.61 Å². The van der Waals surface area contributed by atoms with Gasteiger partial charge in [-0.3, -0.25) is 0 Å². The molecule has 158 valence electrons. The van der Waals surface area contributed by atoms with Crippen molar-refractivity contribution < 1.29 is 9.47 Å². The second-order valence-electron chi connectivity index (χ2n) is 8.65. The molecule has 1 atom stereocenters. The summed E-state index contributed by atoms with van der Waals surface area (Å²) in [5.74, 6) is 0.963. The highest BCUT2D eigenvalue weighted by Crippen LogP contribution is 2.28. The predicted molar refractivity (Wildman–Crippen MR) is 121 cm³/mol. The van der Waals surface area contributed by atoms with Crippen molar-refractivity contribution in [3.8, 4) is 5.75 Å². The molecule has 2 rings (SSSR count). The summed E-state index contributed by atoms with van der Waals surface area (Å²) in [5.41, 5.74) is 1.11. The van der Waals surface area contributed by atoms with Crippen LogP contribution in [0.15, 0.2) is 30.3 Å². The first kappa shape index (κ1) is 23.0. The fourth-order valence-electron chi connectivity index (χ4n) is 3.50. The zero-order valence-corrected chi connectivity index (χ0v) is 18.4. The Hall–Kier alpha value is -1.28. The standard InChI is InChI=1S/C26H42O2/c1-3-4-5-6-7-8-9-10-11-12-13-14-15-16-19-24-20-17-18-21-25(24)27-22-26(2)23-28-26/h16-21H,3-15,22-23H2,1-2H3/b19-16+. The van der Waals surface area contributed by atoms with Gasteiger partial charge in [0.1, 0.15) is 18.0 Å². The van der Waals surface area contributed by atoms with Crippen molar-refractivity contribution in [1.82, 2.24) is 0 Å². The van der Waals surface area contributed by atoms with Crippen LogP contribution < -0.4 is 4.74 Å². The highest BCUT2D eigenvalue weighted by molar-refractivity contribution is 5.57. The van der Waals surface area contributed by atoms with Crippen LogP contribution in [-0.2, 0) is 4.74 Å². The minimum Gasteiger partial charge on any atom is -0.490 e. The van der Waals surface area contributed by atoms with Crippen LogP contribution in [0.25, 0.3) is 6.08 Å². The summed E-state index contributed by atoms with van der Waals surface area (Å²) < 4.78 is 11.4. The number of ether oxygens (including phenoxy) is 2. The highest BCUT2D eigenvalue weighted by atomic mass is 16.6. The fourth-order valence-corrected chi connectivity index (χ4v) is 3.50. The van der Waals surface area contributed by atoms with Gasteiger partial charge >= 0.3 is 0 Å². The van der Waals surface area contributed by atoms with Crippen molar-refractivity contribution in [3.05, 3.63) is 35.9 Å². The Morgan fingerprint density at radius 3 is 2.07 bits per heavy atom. The van der Waals surface area contributed by atoms with Gasteiger partial charge < -0.3 is 9.47 Å². The first-order valence-corrected chi connectivity index (χ1v) is 11.8. The van der Waals surface area contributed by atoms with Crippen molar-refractivity contribution in [2.45, 2.75) is 103 Å². The zero-order chi connectivity index (χ0) is 19.9. The molecule has 1 aliphatic heterocycles. The molecule has 28 heavy (non-hydrogen) atoms. The molecule has 0 saturated carbocycles. The second kappa shape index (κ2) is 13.8. The van der Waals surface area contributed by atoms with Crippen LogP contribution in [0.1, 0.15) is 103 Å². The van der Waals surface area contributed by atoms with E-state index < -0.39 is 0 Å². The van der Waals surface area contributed by atoms with Crippen LogP contribution in [0.3, 0.4) is 0 Å². The van der Waals surface area contributed by atoms with E-state index in [1.54, 1.807) is 0 Å². The van der Waals surface area contributed by atoms with Gasteiger partial charge in [0.2, 0.25) is 0 Å². The molecule has 1 aliphatic rings. The smallest absolute Gasteiger partial charge is 0.126 e. The van der Waals surface area contributed by atoms with E-state index in [0.717, 1.165) is 18.8 Å². The lowest BCUT2D eigenvalue weighted by atomic mass is 10.0. The quantitative estimate of drug-likeness (QED) is 0.200. The Morgan fingerprint density at radius 1 is 0.893 bits per heavy atom. The minimum atomic E-state index is -0.0636. The van der Waals surface area contributed by atoms with Gasteiger partial charge in [0, 0.05) is 5.56 Å². The molecule has 2 heteroatoms. The molecule has 0 radical (unpaired) electrons. The van der Waals surface area contributed by atoms with E-state index >= 15 is 0 Å². The maximum absolute atomic E-state index is 5.96. The number of hydrogen-bond acceptors (Lipinski definition) is 2. The third-order valence-electron chi connectivity index (χ3n) is 5.61. The lowest BCUT2D eigenvalue weighted by Gasteiger charge is -2.11. The third-order valence-corrected chi connectivity index (χ3v) is 5.61. The Morgan fingerprint density at radius 2 is 1.46 bits per heavy atom. The van der Waals surface area contributed by atoms with E-state index in [2.05, 4.69) is 44.2 Å². The van der Waals surface area contributed by atoms with Gasteiger partial charge in [0.15, 0.2) is 0 Å². The summed E-state index contributed by atoms with van der Waals surface area (Å²) >= 11 is 0. The normalized spacial score (nSPS) is 18.6. The zero-order valence-electron chi connectivity index (χ0n) is 18.4. The SMILES string of the molecule is CCCCCCCCCCCCCC/C=C/c1ccccc1OCC1(C)CO1. The number of para-hydroxylation sites is 1. The molecule has 1 heterocycles. The van der Waals surface area contributed by atoms with Crippen molar-refractivity contribution in [2.24, 2.45) is 0 Å². The van der Waals surface area contributed by atoms with Crippen molar-refractivity contribution in [3.63, 3.8) is 0 Å². The van der Waals surface area contributed by atoms with E-state index in [1.807, 2.05) is 6.07 Å². The number of hydrogen-bond donors (Lipinski definition) is 0. The minimum absolute atomic E-state index is 0.0636. The molecule has 0 aromatic heterocycles. The maximum Gasteiger partial charge on any atom is 0.126 e. The van der Waals surface area contributed by atoms with Gasteiger partial charge in [-0.15, -0.1) is 0 Å². The molecule has 1 aromatic carbocycles. The number of unbranched alkanes of at least 4 members (excludes halogenated alkanes) is 12. The van der Waals surface area contributed by atoms with E-state index in [9.17, 15) is 0 Å². The summed E-state index contributed by atoms with van der Waals surface area (Å²) in [5, 5.41) is 0. The number of epoxide rings is 1. The van der Waals surface area contributed by atoms with Gasteiger partial charge in [0.25, 0.3) is 0 Å². The predicted octanol–water partition coefficient (Wildman–Crippen LogP) is 7.96. The van der Waals surface area contributed by atoms with Crippen LogP contribution in [0.2, 0.25) is 0 Å². The lowest BCUT2D eigenvalue weighted by Crippen LogP contribution is -2.17. The summed E-state index contributed by atoms with van der Waals surface area (Å²) in [7, 11) is 0. The van der Waals surface area contributed by atoms with Gasteiger partial charge in [-0.05, 0) is 25.8 Å². The third kappa shape index (κ3) is 10.3. The Labute approximate surface area is 173 Å². The molecule has 1 fully saturated rings. The number of allylic oxidation sites excluding steroid dienone is 1. The van der Waals surface area contributed by atoms with Gasteiger partial charge in [-0.2, -0.15) is 0 Å². The summed E-state index contributed by atoms with van der Waals surface area (Å²) in [6.45, 7) is 5.83. The van der Waals surface area contributed by atoms with E-state index in [4.69, 9.17) is 9.47 Å². The van der Waals surface area contributed by atoms with Crippen molar-refractivity contribution in [1.29, 1.82) is 0 Å². The average Bonchev–Trinajstić information content (AvgIpc) is 3.45. The van der Waals surface area contributed by atoms with Crippen molar-refractivity contribution in [2.75, 3.05) is 13.2 Å². The topological polar surface area (TPSA) is 21.8 Å². The van der Waals surface area contributed by atoms with E-state index in [0.29, 0.717) is 6.61 Å². The summed E-state index contributed by atoms with van der Waals surface area (Å²) in [6.07, 6.45) is 22.5. The molecule has 0 N–H and O–H groups in total. The Balaban J connectivity index is 1.47. The van der Waals surface area contributed by atoms with Crippen LogP contribution in [0.4, 0.5) is 0 Å². The van der Waals surface area contributed by atoms with Crippen LogP contribution in [-0.4, -0.2) is 18.8 Å². The first-order chi connectivity index (χ1) is 13.7. The molecule has 0 aliphatic carbocycles. The molecule has 0 amide bonds. The van der Waals surface area contributed by atoms with Crippen LogP contribution >= 0.6 is 0 Å². The molecule has 1 saturated heterocycles. The molecular formula is C26H42O2. The van der Waals surface area contributed by atoms with E-state index in [-0.39, 0.29) is 5.60 Å². The number of benzene rings is 1. The Bertz CT molecular complexity index is 545. The average molecular weight is 387 g/mol. The first-order valence-electron chi connectivity index (χ1n) is 11.8. The Kier molecular flexibility index (Phi) is 11.4. The summed E-state index contributed by atoms with van der Waals surface area (Å²) in [6, 6.07) is 8.29. The number of rotatable bonds is 17. The monoisotopic (exact) mass is 386 g/mol. The molecule has 1 aromatic rings. The second-order valence-corrected chi connectivity index (χ2v) is 8.65. The fraction of sp³-hybridized carbons (Fsp3) is 0.692.